The molecule has 2 heteroatoms. The fraction of sp³-hybridized carbons (Fsp3) is 0.625. The Kier molecular flexibility index (Phi) is 4.63. The summed E-state index contributed by atoms with van der Waals surface area (Å²) in [7, 11) is 0. The van der Waals surface area contributed by atoms with Crippen molar-refractivity contribution in [3.63, 3.8) is 0 Å². The van der Waals surface area contributed by atoms with Gasteiger partial charge in [0.15, 0.2) is 0 Å². The maximum atomic E-state index is 10.4. The van der Waals surface area contributed by atoms with Crippen LogP contribution in [0.15, 0.2) is 11.6 Å². The van der Waals surface area contributed by atoms with Gasteiger partial charge in [0, 0.05) is 13.5 Å². The average molecular weight is 141 g/mol. The zero-order chi connectivity index (χ0) is 7.98. The van der Waals surface area contributed by atoms with Crippen LogP contribution in [0.4, 0.5) is 0 Å². The molecule has 0 aromatic heterocycles. The Morgan fingerprint density at radius 1 is 1.60 bits per heavy atom. The van der Waals surface area contributed by atoms with Crippen molar-refractivity contribution in [1.82, 2.24) is 5.32 Å². The molecular weight excluding hydrogens is 126 g/mol. The molecule has 0 aromatic rings. The van der Waals surface area contributed by atoms with Crippen LogP contribution in [-0.4, -0.2) is 12.5 Å². The van der Waals surface area contributed by atoms with Crippen LogP contribution in [0.3, 0.4) is 0 Å². The highest BCUT2D eigenvalue weighted by Crippen LogP contribution is 1.96. The van der Waals surface area contributed by atoms with Crippen molar-refractivity contribution >= 4 is 5.91 Å². The third-order valence-corrected chi connectivity index (χ3v) is 1.43. The number of allylic oxidation sites excluding steroid dienone is 1. The molecule has 0 aliphatic rings. The van der Waals surface area contributed by atoms with E-state index >= 15 is 0 Å². The van der Waals surface area contributed by atoms with E-state index in [9.17, 15) is 4.79 Å². The standard InChI is InChI=1S/C8H15NO/c1-4-8(5-2)6-9-7(3)10/h4H,5-6H2,1-3H3,(H,9,10)/b8-4+. The van der Waals surface area contributed by atoms with Gasteiger partial charge in [0.2, 0.25) is 5.91 Å². The zero-order valence-corrected chi connectivity index (χ0v) is 6.90. The van der Waals surface area contributed by atoms with Crippen LogP contribution in [0.5, 0.6) is 0 Å². The van der Waals surface area contributed by atoms with E-state index in [1.165, 1.54) is 12.5 Å². The third kappa shape index (κ3) is 4.13. The minimum absolute atomic E-state index is 0.0350. The number of carbonyl (C=O) groups is 1. The summed E-state index contributed by atoms with van der Waals surface area (Å²) >= 11 is 0. The van der Waals surface area contributed by atoms with E-state index in [1.807, 2.05) is 13.0 Å². The van der Waals surface area contributed by atoms with E-state index < -0.39 is 0 Å². The fourth-order valence-corrected chi connectivity index (χ4v) is 0.669. The van der Waals surface area contributed by atoms with Gasteiger partial charge in [-0.15, -0.1) is 0 Å². The van der Waals surface area contributed by atoms with Crippen LogP contribution in [0, 0.1) is 0 Å². The summed E-state index contributed by atoms with van der Waals surface area (Å²) in [6, 6.07) is 0. The maximum Gasteiger partial charge on any atom is 0.217 e. The van der Waals surface area contributed by atoms with Gasteiger partial charge in [-0.3, -0.25) is 4.79 Å². The van der Waals surface area contributed by atoms with Gasteiger partial charge in [-0.25, -0.2) is 0 Å². The zero-order valence-electron chi connectivity index (χ0n) is 6.90. The summed E-state index contributed by atoms with van der Waals surface area (Å²) in [5.74, 6) is 0.0350. The first-order chi connectivity index (χ1) is 4.70. The fourth-order valence-electron chi connectivity index (χ4n) is 0.669. The Bertz CT molecular complexity index is 138. The number of nitrogens with one attached hydrogen (secondary N) is 1. The molecule has 0 saturated carbocycles. The highest BCUT2D eigenvalue weighted by molar-refractivity contribution is 5.73. The predicted octanol–water partition coefficient (Wildman–Crippen LogP) is 1.48. The van der Waals surface area contributed by atoms with Gasteiger partial charge in [0.05, 0.1) is 0 Å². The molecule has 1 amide bonds. The van der Waals surface area contributed by atoms with Gasteiger partial charge in [0.25, 0.3) is 0 Å². The lowest BCUT2D eigenvalue weighted by Gasteiger charge is -2.02. The van der Waals surface area contributed by atoms with Gasteiger partial charge in [0.1, 0.15) is 0 Å². The molecule has 1 N–H and O–H groups in total. The van der Waals surface area contributed by atoms with E-state index in [2.05, 4.69) is 12.2 Å². The van der Waals surface area contributed by atoms with E-state index in [0.29, 0.717) is 6.54 Å². The minimum Gasteiger partial charge on any atom is -0.353 e. The van der Waals surface area contributed by atoms with Crippen LogP contribution < -0.4 is 5.32 Å². The lowest BCUT2D eigenvalue weighted by molar-refractivity contribution is -0.118. The molecule has 58 valence electrons. The molecule has 0 rings (SSSR count). The molecule has 10 heavy (non-hydrogen) atoms. The monoisotopic (exact) mass is 141 g/mol. The second-order valence-electron chi connectivity index (χ2n) is 2.21. The molecular formula is C8H15NO. The van der Waals surface area contributed by atoms with Gasteiger partial charge < -0.3 is 5.32 Å². The average Bonchev–Trinajstić information content (AvgIpc) is 1.90. The highest BCUT2D eigenvalue weighted by atomic mass is 16.1. The molecule has 0 saturated heterocycles. The summed E-state index contributed by atoms with van der Waals surface area (Å²) in [6.07, 6.45) is 3.05. The molecule has 0 radical (unpaired) electrons. The predicted molar refractivity (Wildman–Crippen MR) is 42.7 cm³/mol. The van der Waals surface area contributed by atoms with Crippen molar-refractivity contribution in [2.75, 3.05) is 6.54 Å². The lowest BCUT2D eigenvalue weighted by atomic mass is 10.2. The van der Waals surface area contributed by atoms with Crippen LogP contribution in [0.1, 0.15) is 27.2 Å². The number of hydrogen-bond donors (Lipinski definition) is 1. The third-order valence-electron chi connectivity index (χ3n) is 1.43. The Labute approximate surface area is 62.3 Å². The number of rotatable bonds is 3. The van der Waals surface area contributed by atoms with Gasteiger partial charge in [-0.2, -0.15) is 0 Å². The molecule has 0 bridgehead atoms. The first-order valence-corrected chi connectivity index (χ1v) is 3.59. The van der Waals surface area contributed by atoms with E-state index in [4.69, 9.17) is 0 Å². The normalized spacial score (nSPS) is 11.3. The van der Waals surface area contributed by atoms with Crippen molar-refractivity contribution in [3.8, 4) is 0 Å². The van der Waals surface area contributed by atoms with Crippen molar-refractivity contribution in [2.24, 2.45) is 0 Å². The van der Waals surface area contributed by atoms with E-state index in [1.54, 1.807) is 0 Å². The first-order valence-electron chi connectivity index (χ1n) is 3.59. The Morgan fingerprint density at radius 3 is 2.50 bits per heavy atom. The molecule has 0 fully saturated rings. The topological polar surface area (TPSA) is 29.1 Å². The Hall–Kier alpha value is -0.790. The van der Waals surface area contributed by atoms with Crippen molar-refractivity contribution < 1.29 is 4.79 Å². The highest BCUT2D eigenvalue weighted by Gasteiger charge is 1.92. The van der Waals surface area contributed by atoms with Crippen LogP contribution in [0.25, 0.3) is 0 Å². The largest absolute Gasteiger partial charge is 0.353 e. The van der Waals surface area contributed by atoms with Crippen LogP contribution in [0.2, 0.25) is 0 Å². The summed E-state index contributed by atoms with van der Waals surface area (Å²) in [5, 5.41) is 2.74. The number of amides is 1. The summed E-state index contributed by atoms with van der Waals surface area (Å²) in [6.45, 7) is 6.29. The van der Waals surface area contributed by atoms with Crippen molar-refractivity contribution in [1.29, 1.82) is 0 Å². The SMILES string of the molecule is C/C=C(\CC)CNC(C)=O. The quantitative estimate of drug-likeness (QED) is 0.592. The maximum absolute atomic E-state index is 10.4. The summed E-state index contributed by atoms with van der Waals surface area (Å²) in [5.41, 5.74) is 1.27. The van der Waals surface area contributed by atoms with Crippen LogP contribution in [-0.2, 0) is 4.79 Å². The van der Waals surface area contributed by atoms with Gasteiger partial charge >= 0.3 is 0 Å². The molecule has 0 spiro atoms. The van der Waals surface area contributed by atoms with Crippen molar-refractivity contribution in [2.45, 2.75) is 27.2 Å². The summed E-state index contributed by atoms with van der Waals surface area (Å²) in [4.78, 5) is 10.4. The Balaban J connectivity index is 3.56. The van der Waals surface area contributed by atoms with Crippen molar-refractivity contribution in [3.05, 3.63) is 11.6 Å². The van der Waals surface area contributed by atoms with Gasteiger partial charge in [-0.1, -0.05) is 18.6 Å². The smallest absolute Gasteiger partial charge is 0.217 e. The van der Waals surface area contributed by atoms with E-state index in [-0.39, 0.29) is 5.91 Å². The number of carbonyl (C=O) groups excluding carboxylic acids is 1. The Morgan fingerprint density at radius 2 is 2.20 bits per heavy atom. The van der Waals surface area contributed by atoms with E-state index in [0.717, 1.165) is 6.42 Å². The first kappa shape index (κ1) is 9.21. The lowest BCUT2D eigenvalue weighted by Crippen LogP contribution is -2.22. The molecule has 0 atom stereocenters. The molecule has 2 nitrogen and oxygen atoms in total. The second kappa shape index (κ2) is 5.03. The van der Waals surface area contributed by atoms with Crippen LogP contribution >= 0.6 is 0 Å². The molecule has 0 unspecified atom stereocenters. The minimum atomic E-state index is 0.0350. The molecule has 0 aromatic carbocycles. The second-order valence-corrected chi connectivity index (χ2v) is 2.21. The molecule has 0 aliphatic carbocycles. The molecule has 0 heterocycles. The molecule has 0 aliphatic heterocycles. The number of hydrogen-bond acceptors (Lipinski definition) is 1. The summed E-state index contributed by atoms with van der Waals surface area (Å²) < 4.78 is 0. The van der Waals surface area contributed by atoms with Gasteiger partial charge in [-0.05, 0) is 13.3 Å².